The van der Waals surface area contributed by atoms with Crippen LogP contribution in [0.4, 0.5) is 0 Å². The van der Waals surface area contributed by atoms with Crippen LogP contribution in [0.1, 0.15) is 49.0 Å². The van der Waals surface area contributed by atoms with Crippen LogP contribution >= 0.6 is 0 Å². The van der Waals surface area contributed by atoms with Crippen LogP contribution in [0.2, 0.25) is 0 Å². The van der Waals surface area contributed by atoms with Gasteiger partial charge in [0.1, 0.15) is 35.7 Å². The van der Waals surface area contributed by atoms with Gasteiger partial charge in [-0.2, -0.15) is 0 Å². The lowest BCUT2D eigenvalue weighted by Gasteiger charge is -2.31. The van der Waals surface area contributed by atoms with E-state index in [9.17, 15) is 5.11 Å². The van der Waals surface area contributed by atoms with Crippen LogP contribution in [-0.2, 0) is 0 Å². The molecule has 1 fully saturated rings. The van der Waals surface area contributed by atoms with E-state index in [1.165, 1.54) is 32.4 Å². The Hall–Kier alpha value is -3.44. The van der Waals surface area contributed by atoms with E-state index in [-0.39, 0.29) is 11.9 Å². The summed E-state index contributed by atoms with van der Waals surface area (Å²) in [6, 6.07) is 21.6. The van der Waals surface area contributed by atoms with Gasteiger partial charge in [-0.25, -0.2) is 0 Å². The van der Waals surface area contributed by atoms with Crippen molar-refractivity contribution in [2.24, 2.45) is 0 Å². The zero-order valence-electron chi connectivity index (χ0n) is 20.5. The molecule has 0 radical (unpaired) electrons. The third-order valence-corrected chi connectivity index (χ3v) is 6.99. The minimum absolute atomic E-state index is 0.195. The van der Waals surface area contributed by atoms with Crippen molar-refractivity contribution in [3.8, 4) is 23.0 Å². The van der Waals surface area contributed by atoms with Gasteiger partial charge in [-0.3, -0.25) is 4.90 Å². The van der Waals surface area contributed by atoms with Gasteiger partial charge in [-0.1, -0.05) is 30.7 Å². The van der Waals surface area contributed by atoms with Gasteiger partial charge in [0, 0.05) is 23.7 Å². The van der Waals surface area contributed by atoms with Gasteiger partial charge in [0.25, 0.3) is 0 Å². The molecule has 182 valence electrons. The lowest BCUT2D eigenvalue weighted by Crippen LogP contribution is -2.33. The third-order valence-electron chi connectivity index (χ3n) is 6.99. The smallest absolute Gasteiger partial charge is 0.150 e. The number of rotatable bonds is 7. The summed E-state index contributed by atoms with van der Waals surface area (Å²) in [5.74, 6) is 2.57. The fourth-order valence-corrected chi connectivity index (χ4v) is 5.03. The van der Waals surface area contributed by atoms with Gasteiger partial charge >= 0.3 is 0 Å². The molecule has 1 unspecified atom stereocenters. The molecular formula is C30H33NO4. The summed E-state index contributed by atoms with van der Waals surface area (Å²) in [5.41, 5.74) is 5.33. The van der Waals surface area contributed by atoms with Crippen molar-refractivity contribution in [3.63, 3.8) is 0 Å². The van der Waals surface area contributed by atoms with Gasteiger partial charge in [0.05, 0.1) is 7.11 Å². The summed E-state index contributed by atoms with van der Waals surface area (Å²) < 4.78 is 17.9. The number of likely N-dealkylation sites (tertiary alicyclic amines) is 1. The SMILES string of the molecule is COc1ccc(C2=C(C)c3ccc(O)cc3OC2c2ccc(OCCN3CCCCC3)cc2)cc1. The zero-order chi connectivity index (χ0) is 24.2. The van der Waals surface area contributed by atoms with E-state index in [2.05, 4.69) is 36.1 Å². The lowest BCUT2D eigenvalue weighted by atomic mass is 9.86. The summed E-state index contributed by atoms with van der Waals surface area (Å²) in [4.78, 5) is 2.48. The minimum Gasteiger partial charge on any atom is -0.508 e. The first kappa shape index (κ1) is 23.3. The molecule has 5 heteroatoms. The number of hydrogen-bond acceptors (Lipinski definition) is 5. The number of phenolic OH excluding ortho intramolecular Hbond substituents is 1. The second-order valence-corrected chi connectivity index (χ2v) is 9.27. The number of nitrogens with zero attached hydrogens (tertiary/aromatic N) is 1. The Labute approximate surface area is 207 Å². The number of fused-ring (bicyclic) bond motifs is 1. The maximum atomic E-state index is 10.1. The molecule has 0 saturated carbocycles. The molecule has 5 rings (SSSR count). The van der Waals surface area contributed by atoms with Crippen molar-refractivity contribution in [3.05, 3.63) is 83.4 Å². The number of aromatic hydroxyl groups is 1. The highest BCUT2D eigenvalue weighted by molar-refractivity contribution is 5.95. The van der Waals surface area contributed by atoms with Crippen LogP contribution in [0.25, 0.3) is 11.1 Å². The third kappa shape index (κ3) is 5.15. The number of phenols is 1. The largest absolute Gasteiger partial charge is 0.508 e. The lowest BCUT2D eigenvalue weighted by molar-refractivity contribution is 0.183. The number of benzene rings is 3. The van der Waals surface area contributed by atoms with Crippen LogP contribution in [0.5, 0.6) is 23.0 Å². The van der Waals surface area contributed by atoms with Crippen LogP contribution < -0.4 is 14.2 Å². The predicted molar refractivity (Wildman–Crippen MR) is 139 cm³/mol. The highest BCUT2D eigenvalue weighted by atomic mass is 16.5. The summed E-state index contributed by atoms with van der Waals surface area (Å²) in [7, 11) is 1.67. The van der Waals surface area contributed by atoms with E-state index < -0.39 is 0 Å². The summed E-state index contributed by atoms with van der Waals surface area (Å²) >= 11 is 0. The van der Waals surface area contributed by atoms with Crippen molar-refractivity contribution in [1.82, 2.24) is 4.90 Å². The van der Waals surface area contributed by atoms with E-state index in [0.717, 1.165) is 45.9 Å². The maximum absolute atomic E-state index is 10.1. The number of ether oxygens (including phenoxy) is 3. The van der Waals surface area contributed by atoms with E-state index in [1.54, 1.807) is 19.2 Å². The molecule has 2 aliphatic rings. The topological polar surface area (TPSA) is 51.2 Å². The Morgan fingerprint density at radius 3 is 2.34 bits per heavy atom. The first-order chi connectivity index (χ1) is 17.1. The van der Waals surface area contributed by atoms with Crippen molar-refractivity contribution >= 4 is 11.1 Å². The van der Waals surface area contributed by atoms with Crippen molar-refractivity contribution < 1.29 is 19.3 Å². The fourth-order valence-electron chi connectivity index (χ4n) is 5.03. The second kappa shape index (κ2) is 10.4. The molecule has 5 nitrogen and oxygen atoms in total. The number of hydrogen-bond donors (Lipinski definition) is 1. The molecule has 0 amide bonds. The molecular weight excluding hydrogens is 438 g/mol. The van der Waals surface area contributed by atoms with E-state index in [1.807, 2.05) is 30.3 Å². The molecule has 0 aliphatic carbocycles. The van der Waals surface area contributed by atoms with Crippen molar-refractivity contribution in [1.29, 1.82) is 0 Å². The van der Waals surface area contributed by atoms with Gasteiger partial charge < -0.3 is 19.3 Å². The van der Waals surface area contributed by atoms with Gasteiger partial charge in [0.15, 0.2) is 0 Å². The molecule has 0 bridgehead atoms. The Bertz CT molecular complexity index is 1180. The zero-order valence-corrected chi connectivity index (χ0v) is 20.5. The molecule has 1 saturated heterocycles. The van der Waals surface area contributed by atoms with Crippen molar-refractivity contribution in [2.75, 3.05) is 33.4 Å². The number of allylic oxidation sites excluding steroid dienone is 1. The first-order valence-electron chi connectivity index (χ1n) is 12.4. The highest BCUT2D eigenvalue weighted by Gasteiger charge is 2.29. The molecule has 1 N–H and O–H groups in total. The van der Waals surface area contributed by atoms with Gasteiger partial charge in [-0.05, 0) is 86.0 Å². The van der Waals surface area contributed by atoms with Crippen LogP contribution in [0.15, 0.2) is 66.7 Å². The number of piperidine rings is 1. The van der Waals surface area contributed by atoms with Crippen LogP contribution in [-0.4, -0.2) is 43.4 Å². The average Bonchev–Trinajstić information content (AvgIpc) is 2.89. The average molecular weight is 472 g/mol. The fraction of sp³-hybridized carbons (Fsp3) is 0.333. The van der Waals surface area contributed by atoms with E-state index in [0.29, 0.717) is 12.4 Å². The van der Waals surface area contributed by atoms with Crippen molar-refractivity contribution in [2.45, 2.75) is 32.3 Å². The second-order valence-electron chi connectivity index (χ2n) is 9.27. The molecule has 35 heavy (non-hydrogen) atoms. The molecule has 0 spiro atoms. The standard InChI is InChI=1S/C30H33NO4/c1-21-27-15-10-24(32)20-28(27)35-30(29(21)22-6-11-25(33-2)12-7-22)23-8-13-26(14-9-23)34-19-18-31-16-4-3-5-17-31/h6-15,20,30,32H,3-5,16-19H2,1-2H3. The van der Waals surface area contributed by atoms with E-state index in [4.69, 9.17) is 14.2 Å². The Kier molecular flexibility index (Phi) is 6.96. The van der Waals surface area contributed by atoms with Crippen LogP contribution in [0.3, 0.4) is 0 Å². The molecule has 3 aromatic carbocycles. The number of methoxy groups -OCH3 is 1. The molecule has 2 aliphatic heterocycles. The minimum atomic E-state index is -0.305. The van der Waals surface area contributed by atoms with Crippen LogP contribution in [0, 0.1) is 0 Å². The normalized spacial score (nSPS) is 18.1. The predicted octanol–water partition coefficient (Wildman–Crippen LogP) is 6.33. The Balaban J connectivity index is 1.40. The highest BCUT2D eigenvalue weighted by Crippen LogP contribution is 2.47. The summed E-state index contributed by atoms with van der Waals surface area (Å²) in [5, 5.41) is 10.1. The Morgan fingerprint density at radius 1 is 0.914 bits per heavy atom. The Morgan fingerprint density at radius 2 is 1.63 bits per heavy atom. The van der Waals surface area contributed by atoms with Gasteiger partial charge in [0.2, 0.25) is 0 Å². The maximum Gasteiger partial charge on any atom is 0.150 e. The quantitative estimate of drug-likeness (QED) is 0.436. The monoisotopic (exact) mass is 471 g/mol. The molecule has 2 heterocycles. The summed E-state index contributed by atoms with van der Waals surface area (Å²) in [6.07, 6.45) is 3.62. The molecule has 1 atom stereocenters. The molecule has 3 aromatic rings. The first-order valence-corrected chi connectivity index (χ1v) is 12.4. The van der Waals surface area contributed by atoms with Gasteiger partial charge in [-0.15, -0.1) is 0 Å². The van der Waals surface area contributed by atoms with E-state index >= 15 is 0 Å². The summed E-state index contributed by atoms with van der Waals surface area (Å²) in [6.45, 7) is 6.14. The molecule has 0 aromatic heterocycles.